The zero-order valence-electron chi connectivity index (χ0n) is 8.01. The number of epoxide rings is 1. The number of hydrogen-bond acceptors (Lipinski definition) is 2. The molecule has 1 aliphatic heterocycles. The van der Waals surface area contributed by atoms with E-state index in [1.165, 1.54) is 25.7 Å². The first-order valence-electron chi connectivity index (χ1n) is 4.91. The van der Waals surface area contributed by atoms with E-state index in [2.05, 4.69) is 6.92 Å². The molecule has 1 heterocycles. The van der Waals surface area contributed by atoms with Crippen LogP contribution in [-0.2, 0) is 9.47 Å². The third-order valence-corrected chi connectivity index (χ3v) is 3.36. The normalized spacial score (nSPS) is 45.5. The topological polar surface area (TPSA) is 21.8 Å². The Morgan fingerprint density at radius 2 is 2.42 bits per heavy atom. The quantitative estimate of drug-likeness (QED) is 0.604. The molecule has 2 fully saturated rings. The molecule has 0 aromatic heterocycles. The van der Waals surface area contributed by atoms with E-state index in [1.807, 2.05) is 0 Å². The van der Waals surface area contributed by atoms with Crippen LogP contribution >= 0.6 is 0 Å². The van der Waals surface area contributed by atoms with Crippen molar-refractivity contribution >= 4 is 0 Å². The summed E-state index contributed by atoms with van der Waals surface area (Å²) in [5.74, 6) is 0.852. The fourth-order valence-corrected chi connectivity index (χ4v) is 2.27. The molecule has 3 unspecified atom stereocenters. The smallest absolute Gasteiger partial charge is 0.0920 e. The van der Waals surface area contributed by atoms with Crippen LogP contribution in [0.15, 0.2) is 0 Å². The number of fused-ring (bicyclic) bond motifs is 1. The van der Waals surface area contributed by atoms with Crippen LogP contribution in [0.25, 0.3) is 0 Å². The number of rotatable bonds is 3. The zero-order chi connectivity index (χ0) is 8.60. The fourth-order valence-electron chi connectivity index (χ4n) is 2.27. The molecule has 0 aromatic carbocycles. The minimum absolute atomic E-state index is 0.281. The first-order chi connectivity index (χ1) is 5.74. The summed E-state index contributed by atoms with van der Waals surface area (Å²) < 4.78 is 10.7. The van der Waals surface area contributed by atoms with E-state index in [9.17, 15) is 0 Å². The van der Waals surface area contributed by atoms with Crippen molar-refractivity contribution in [1.82, 2.24) is 0 Å². The second-order valence-electron chi connectivity index (χ2n) is 4.34. The first kappa shape index (κ1) is 8.52. The molecule has 1 saturated carbocycles. The minimum atomic E-state index is 0.281. The standard InChI is InChI=1S/C10H18O2/c1-10-5-3-8(4-6-11-2)7-9(10)12-10/h8-9H,3-7H2,1-2H3. The average Bonchev–Trinajstić information content (AvgIpc) is 2.72. The van der Waals surface area contributed by atoms with Crippen molar-refractivity contribution in [2.24, 2.45) is 5.92 Å². The SMILES string of the molecule is COCCC1CCC2(C)OC2C1. The van der Waals surface area contributed by atoms with Gasteiger partial charge in [0.2, 0.25) is 0 Å². The largest absolute Gasteiger partial charge is 0.385 e. The Morgan fingerprint density at radius 1 is 1.58 bits per heavy atom. The van der Waals surface area contributed by atoms with Gasteiger partial charge in [0.1, 0.15) is 0 Å². The Morgan fingerprint density at radius 3 is 3.08 bits per heavy atom. The van der Waals surface area contributed by atoms with Crippen molar-refractivity contribution in [1.29, 1.82) is 0 Å². The molecule has 0 aromatic rings. The molecule has 0 N–H and O–H groups in total. The van der Waals surface area contributed by atoms with Crippen molar-refractivity contribution in [2.75, 3.05) is 13.7 Å². The lowest BCUT2D eigenvalue weighted by Crippen LogP contribution is -2.21. The number of hydrogen-bond donors (Lipinski definition) is 0. The van der Waals surface area contributed by atoms with Gasteiger partial charge in [-0.25, -0.2) is 0 Å². The highest BCUT2D eigenvalue weighted by Crippen LogP contribution is 2.49. The monoisotopic (exact) mass is 170 g/mol. The summed E-state index contributed by atoms with van der Waals surface area (Å²) in [6.07, 6.45) is 5.64. The molecule has 1 aliphatic carbocycles. The molecule has 2 rings (SSSR count). The van der Waals surface area contributed by atoms with E-state index in [0.29, 0.717) is 6.10 Å². The van der Waals surface area contributed by atoms with Gasteiger partial charge in [-0.3, -0.25) is 0 Å². The second kappa shape index (κ2) is 3.00. The fraction of sp³-hybridized carbons (Fsp3) is 1.00. The van der Waals surface area contributed by atoms with E-state index >= 15 is 0 Å². The molecule has 2 heteroatoms. The van der Waals surface area contributed by atoms with E-state index < -0.39 is 0 Å². The maximum Gasteiger partial charge on any atom is 0.0920 e. The lowest BCUT2D eigenvalue weighted by atomic mass is 9.81. The van der Waals surface area contributed by atoms with Crippen LogP contribution in [0.5, 0.6) is 0 Å². The Labute approximate surface area is 74.2 Å². The van der Waals surface area contributed by atoms with Gasteiger partial charge in [-0.1, -0.05) is 0 Å². The van der Waals surface area contributed by atoms with Crippen molar-refractivity contribution in [3.63, 3.8) is 0 Å². The highest BCUT2D eigenvalue weighted by molar-refractivity contribution is 5.03. The predicted octanol–water partition coefficient (Wildman–Crippen LogP) is 1.98. The summed E-state index contributed by atoms with van der Waals surface area (Å²) in [5.41, 5.74) is 0.281. The van der Waals surface area contributed by atoms with Crippen LogP contribution in [0.4, 0.5) is 0 Å². The molecule has 70 valence electrons. The van der Waals surface area contributed by atoms with Crippen molar-refractivity contribution in [2.45, 2.75) is 44.3 Å². The number of ether oxygens (including phenoxy) is 2. The summed E-state index contributed by atoms with van der Waals surface area (Å²) in [4.78, 5) is 0. The number of methoxy groups -OCH3 is 1. The van der Waals surface area contributed by atoms with E-state index in [1.54, 1.807) is 7.11 Å². The molecule has 2 aliphatic rings. The molecule has 0 bridgehead atoms. The van der Waals surface area contributed by atoms with Gasteiger partial charge in [0.15, 0.2) is 0 Å². The van der Waals surface area contributed by atoms with Crippen molar-refractivity contribution in [3.05, 3.63) is 0 Å². The summed E-state index contributed by atoms with van der Waals surface area (Å²) in [5, 5.41) is 0. The molecule has 0 amide bonds. The van der Waals surface area contributed by atoms with Gasteiger partial charge in [-0.15, -0.1) is 0 Å². The Bertz CT molecular complexity index is 169. The summed E-state index contributed by atoms with van der Waals surface area (Å²) >= 11 is 0. The van der Waals surface area contributed by atoms with E-state index in [4.69, 9.17) is 9.47 Å². The summed E-state index contributed by atoms with van der Waals surface area (Å²) in [7, 11) is 1.78. The Kier molecular flexibility index (Phi) is 2.13. The van der Waals surface area contributed by atoms with Crippen LogP contribution in [0.3, 0.4) is 0 Å². The van der Waals surface area contributed by atoms with Crippen LogP contribution in [0, 0.1) is 5.92 Å². The molecule has 0 radical (unpaired) electrons. The molecule has 1 saturated heterocycles. The van der Waals surface area contributed by atoms with Gasteiger partial charge in [-0.2, -0.15) is 0 Å². The Balaban J connectivity index is 1.74. The van der Waals surface area contributed by atoms with Crippen LogP contribution in [0.2, 0.25) is 0 Å². The summed E-state index contributed by atoms with van der Waals surface area (Å²) in [6, 6.07) is 0. The second-order valence-corrected chi connectivity index (χ2v) is 4.34. The van der Waals surface area contributed by atoms with Gasteiger partial charge in [-0.05, 0) is 38.5 Å². The van der Waals surface area contributed by atoms with Gasteiger partial charge < -0.3 is 9.47 Å². The third-order valence-electron chi connectivity index (χ3n) is 3.36. The maximum atomic E-state index is 5.63. The van der Waals surface area contributed by atoms with Gasteiger partial charge in [0, 0.05) is 13.7 Å². The molecule has 2 nitrogen and oxygen atoms in total. The maximum absolute atomic E-state index is 5.63. The third kappa shape index (κ3) is 1.50. The van der Waals surface area contributed by atoms with Crippen LogP contribution in [0.1, 0.15) is 32.6 Å². The molecular formula is C10H18O2. The highest BCUT2D eigenvalue weighted by Gasteiger charge is 2.54. The van der Waals surface area contributed by atoms with Gasteiger partial charge >= 0.3 is 0 Å². The predicted molar refractivity (Wildman–Crippen MR) is 47.1 cm³/mol. The minimum Gasteiger partial charge on any atom is -0.385 e. The molecule has 12 heavy (non-hydrogen) atoms. The lowest BCUT2D eigenvalue weighted by Gasteiger charge is -2.21. The van der Waals surface area contributed by atoms with Gasteiger partial charge in [0.25, 0.3) is 0 Å². The van der Waals surface area contributed by atoms with Crippen LogP contribution in [-0.4, -0.2) is 25.4 Å². The molecule has 3 atom stereocenters. The molecule has 0 spiro atoms. The first-order valence-corrected chi connectivity index (χ1v) is 4.91. The van der Waals surface area contributed by atoms with Crippen LogP contribution < -0.4 is 0 Å². The Hall–Kier alpha value is -0.0800. The van der Waals surface area contributed by atoms with Crippen molar-refractivity contribution in [3.8, 4) is 0 Å². The average molecular weight is 170 g/mol. The van der Waals surface area contributed by atoms with E-state index in [0.717, 1.165) is 12.5 Å². The zero-order valence-corrected chi connectivity index (χ0v) is 8.01. The highest BCUT2D eigenvalue weighted by atomic mass is 16.6. The molecular weight excluding hydrogens is 152 g/mol. The van der Waals surface area contributed by atoms with Gasteiger partial charge in [0.05, 0.1) is 11.7 Å². The summed E-state index contributed by atoms with van der Waals surface area (Å²) in [6.45, 7) is 3.15. The van der Waals surface area contributed by atoms with Crippen molar-refractivity contribution < 1.29 is 9.47 Å². The van der Waals surface area contributed by atoms with E-state index in [-0.39, 0.29) is 5.60 Å². The lowest BCUT2D eigenvalue weighted by molar-refractivity contribution is 0.166.